The van der Waals surface area contributed by atoms with E-state index in [0.29, 0.717) is 28.7 Å². The van der Waals surface area contributed by atoms with E-state index < -0.39 is 0 Å². The minimum Gasteiger partial charge on any atom is -0.478 e. The van der Waals surface area contributed by atoms with Gasteiger partial charge in [-0.15, -0.1) is 0 Å². The topological polar surface area (TPSA) is 83.7 Å². The Bertz CT molecular complexity index is 533. The maximum Gasteiger partial charge on any atom is 0.266 e. The van der Waals surface area contributed by atoms with Gasteiger partial charge in [-0.2, -0.15) is 5.10 Å². The molecule has 0 aliphatic heterocycles. The van der Waals surface area contributed by atoms with Crippen LogP contribution in [-0.4, -0.2) is 33.0 Å². The number of aromatic amines is 2. The van der Waals surface area contributed by atoms with Gasteiger partial charge in [0.1, 0.15) is 5.39 Å². The Kier molecular flexibility index (Phi) is 2.63. The van der Waals surface area contributed by atoms with Gasteiger partial charge >= 0.3 is 0 Å². The van der Waals surface area contributed by atoms with Crippen LogP contribution in [0.25, 0.3) is 11.0 Å². The molecule has 2 aromatic heterocycles. The van der Waals surface area contributed by atoms with Gasteiger partial charge in [0, 0.05) is 0 Å². The zero-order valence-corrected chi connectivity index (χ0v) is 9.14. The van der Waals surface area contributed by atoms with Crippen LogP contribution in [-0.2, 0) is 0 Å². The van der Waals surface area contributed by atoms with Gasteiger partial charge < -0.3 is 9.72 Å². The molecule has 0 radical (unpaired) electrons. The van der Waals surface area contributed by atoms with Gasteiger partial charge in [0.2, 0.25) is 5.88 Å². The second-order valence-electron chi connectivity index (χ2n) is 2.76. The number of rotatable bonds is 3. The second kappa shape index (κ2) is 3.93. The Hall–Kier alpha value is -1.50. The molecule has 0 aliphatic carbocycles. The third-order valence-electron chi connectivity index (χ3n) is 1.85. The number of H-pyrrole nitrogens is 2. The minimum atomic E-state index is -0.235. The summed E-state index contributed by atoms with van der Waals surface area (Å²) in [6.45, 7) is 2.31. The van der Waals surface area contributed by atoms with Crippen LogP contribution in [0.1, 0.15) is 6.92 Å². The highest BCUT2D eigenvalue weighted by Crippen LogP contribution is 2.18. The van der Waals surface area contributed by atoms with Gasteiger partial charge in [-0.25, -0.2) is 10.1 Å². The zero-order chi connectivity index (χ0) is 10.8. The number of nitrogens with one attached hydrogen (secondary N) is 2. The molecule has 80 valence electrons. The number of ether oxygens (including phenoxy) is 1. The lowest BCUT2D eigenvalue weighted by Crippen LogP contribution is -2.09. The first-order chi connectivity index (χ1) is 7.26. The van der Waals surface area contributed by atoms with Crippen molar-refractivity contribution in [1.82, 2.24) is 20.2 Å². The standard InChI is InChI=1S/C8H10N4O2S/c1-3-14-7-4-5(11-12-7)9-8(15-2)10-6(4)13/h3H2,1-2H3,(H2,9,10,11,12,13). The van der Waals surface area contributed by atoms with E-state index in [2.05, 4.69) is 20.2 Å². The van der Waals surface area contributed by atoms with Crippen molar-refractivity contribution in [2.24, 2.45) is 0 Å². The van der Waals surface area contributed by atoms with E-state index in [4.69, 9.17) is 4.74 Å². The molecular weight excluding hydrogens is 216 g/mol. The van der Waals surface area contributed by atoms with Crippen LogP contribution in [0, 0.1) is 0 Å². The van der Waals surface area contributed by atoms with E-state index in [0.717, 1.165) is 0 Å². The molecule has 0 aliphatic rings. The van der Waals surface area contributed by atoms with Gasteiger partial charge in [0.05, 0.1) is 6.61 Å². The summed E-state index contributed by atoms with van der Waals surface area (Å²) >= 11 is 1.36. The lowest BCUT2D eigenvalue weighted by molar-refractivity contribution is 0.329. The fourth-order valence-electron chi connectivity index (χ4n) is 1.23. The minimum absolute atomic E-state index is 0.235. The molecule has 0 saturated heterocycles. The Labute approximate surface area is 89.4 Å². The van der Waals surface area contributed by atoms with Gasteiger partial charge in [0.15, 0.2) is 10.8 Å². The summed E-state index contributed by atoms with van der Waals surface area (Å²) < 4.78 is 5.23. The van der Waals surface area contributed by atoms with E-state index in [-0.39, 0.29) is 5.56 Å². The highest BCUT2D eigenvalue weighted by atomic mass is 32.2. The number of hydrogen-bond acceptors (Lipinski definition) is 5. The molecule has 0 aromatic carbocycles. The average molecular weight is 226 g/mol. The smallest absolute Gasteiger partial charge is 0.266 e. The molecule has 15 heavy (non-hydrogen) atoms. The van der Waals surface area contributed by atoms with Crippen LogP contribution in [0.5, 0.6) is 5.88 Å². The van der Waals surface area contributed by atoms with Crippen LogP contribution in [0.4, 0.5) is 0 Å². The molecule has 6 nitrogen and oxygen atoms in total. The van der Waals surface area contributed by atoms with Crippen molar-refractivity contribution in [2.75, 3.05) is 12.9 Å². The molecule has 0 unspecified atom stereocenters. The lowest BCUT2D eigenvalue weighted by Gasteiger charge is -1.98. The quantitative estimate of drug-likeness (QED) is 0.596. The predicted octanol–water partition coefficient (Wildman–Crippen LogP) is 0.767. The Balaban J connectivity index is 2.66. The number of hydrogen-bond donors (Lipinski definition) is 2. The van der Waals surface area contributed by atoms with Gasteiger partial charge in [-0.1, -0.05) is 11.8 Å². The molecule has 2 rings (SSSR count). The molecule has 0 spiro atoms. The van der Waals surface area contributed by atoms with E-state index in [1.54, 1.807) is 0 Å². The molecule has 2 N–H and O–H groups in total. The van der Waals surface area contributed by atoms with E-state index in [1.807, 2.05) is 13.2 Å². The van der Waals surface area contributed by atoms with Crippen LogP contribution in [0.3, 0.4) is 0 Å². The first-order valence-corrected chi connectivity index (χ1v) is 5.64. The number of nitrogens with zero attached hydrogens (tertiary/aromatic N) is 2. The van der Waals surface area contributed by atoms with Gasteiger partial charge in [0.25, 0.3) is 5.56 Å². The molecule has 2 aromatic rings. The van der Waals surface area contributed by atoms with Crippen molar-refractivity contribution in [3.05, 3.63) is 10.4 Å². The summed E-state index contributed by atoms with van der Waals surface area (Å²) in [6.07, 6.45) is 1.83. The third kappa shape index (κ3) is 1.70. The van der Waals surface area contributed by atoms with Crippen molar-refractivity contribution in [2.45, 2.75) is 12.1 Å². The monoisotopic (exact) mass is 226 g/mol. The average Bonchev–Trinajstić information content (AvgIpc) is 2.62. The molecule has 0 bridgehead atoms. The van der Waals surface area contributed by atoms with E-state index in [1.165, 1.54) is 11.8 Å². The van der Waals surface area contributed by atoms with Crippen LogP contribution in [0.15, 0.2) is 9.95 Å². The lowest BCUT2D eigenvalue weighted by atomic mass is 10.4. The number of thioether (sulfide) groups is 1. The summed E-state index contributed by atoms with van der Waals surface area (Å²) in [6, 6.07) is 0. The van der Waals surface area contributed by atoms with Crippen molar-refractivity contribution in [1.29, 1.82) is 0 Å². The van der Waals surface area contributed by atoms with Gasteiger partial charge in [-0.3, -0.25) is 4.79 Å². The first-order valence-electron chi connectivity index (χ1n) is 4.41. The third-order valence-corrected chi connectivity index (χ3v) is 2.43. The highest BCUT2D eigenvalue weighted by Gasteiger charge is 2.12. The number of aromatic nitrogens is 4. The first kappa shape index (κ1) is 10.0. The second-order valence-corrected chi connectivity index (χ2v) is 3.55. The largest absolute Gasteiger partial charge is 0.478 e. The molecule has 2 heterocycles. The zero-order valence-electron chi connectivity index (χ0n) is 8.33. The van der Waals surface area contributed by atoms with Crippen molar-refractivity contribution in [3.63, 3.8) is 0 Å². The summed E-state index contributed by atoms with van der Waals surface area (Å²) in [5, 5.41) is 7.47. The van der Waals surface area contributed by atoms with Crippen molar-refractivity contribution < 1.29 is 4.74 Å². The van der Waals surface area contributed by atoms with E-state index in [9.17, 15) is 4.79 Å². The molecule has 0 saturated carbocycles. The predicted molar refractivity (Wildman–Crippen MR) is 57.5 cm³/mol. The summed E-state index contributed by atoms with van der Waals surface area (Å²) in [7, 11) is 0. The van der Waals surface area contributed by atoms with Gasteiger partial charge in [-0.05, 0) is 13.2 Å². The fraction of sp³-hybridized carbons (Fsp3) is 0.375. The Morgan fingerprint density at radius 3 is 3.00 bits per heavy atom. The SMILES string of the molecule is CCOc1[nH]nc2nc(SC)[nH]c(=O)c12. The number of fused-ring (bicyclic) bond motifs is 1. The Morgan fingerprint density at radius 2 is 2.33 bits per heavy atom. The van der Waals surface area contributed by atoms with E-state index >= 15 is 0 Å². The molecule has 0 amide bonds. The molecule has 0 atom stereocenters. The maximum atomic E-state index is 11.7. The molecule has 0 fully saturated rings. The maximum absolute atomic E-state index is 11.7. The van der Waals surface area contributed by atoms with Crippen molar-refractivity contribution in [3.8, 4) is 5.88 Å². The Morgan fingerprint density at radius 1 is 1.53 bits per heavy atom. The highest BCUT2D eigenvalue weighted by molar-refractivity contribution is 7.98. The fourth-order valence-corrected chi connectivity index (χ4v) is 1.60. The molecular formula is C8H10N4O2S. The van der Waals surface area contributed by atoms with Crippen LogP contribution >= 0.6 is 11.8 Å². The van der Waals surface area contributed by atoms with Crippen LogP contribution < -0.4 is 10.3 Å². The molecule has 7 heteroatoms. The summed E-state index contributed by atoms with van der Waals surface area (Å²) in [4.78, 5) is 18.4. The summed E-state index contributed by atoms with van der Waals surface area (Å²) in [5.74, 6) is 0.369. The van der Waals surface area contributed by atoms with Crippen molar-refractivity contribution >= 4 is 22.8 Å². The van der Waals surface area contributed by atoms with Crippen LogP contribution in [0.2, 0.25) is 0 Å². The normalized spacial score (nSPS) is 10.8. The summed E-state index contributed by atoms with van der Waals surface area (Å²) in [5.41, 5.74) is 0.146.